The summed E-state index contributed by atoms with van der Waals surface area (Å²) in [6.07, 6.45) is 0. The fourth-order valence-corrected chi connectivity index (χ4v) is 3.65. The molecule has 0 aliphatic rings. The Balaban J connectivity index is 1.87. The van der Waals surface area contributed by atoms with Gasteiger partial charge in [-0.3, -0.25) is 14.3 Å². The zero-order valence-electron chi connectivity index (χ0n) is 13.3. The van der Waals surface area contributed by atoms with Crippen LogP contribution in [0.2, 0.25) is 0 Å². The first-order valence-electron chi connectivity index (χ1n) is 7.74. The van der Waals surface area contributed by atoms with Crippen LogP contribution < -0.4 is 11.2 Å². The summed E-state index contributed by atoms with van der Waals surface area (Å²) in [5.41, 5.74) is 0.707. The zero-order chi connectivity index (χ0) is 17.4. The molecule has 0 fully saturated rings. The Labute approximate surface area is 145 Å². The fourth-order valence-electron chi connectivity index (χ4n) is 2.59. The molecule has 3 heterocycles. The van der Waals surface area contributed by atoms with Gasteiger partial charge in [0.15, 0.2) is 5.82 Å². The van der Waals surface area contributed by atoms with Crippen LogP contribution >= 0.6 is 11.3 Å². The van der Waals surface area contributed by atoms with Crippen LogP contribution in [0, 0.1) is 0 Å². The van der Waals surface area contributed by atoms with E-state index in [0.717, 1.165) is 10.4 Å². The Bertz CT molecular complexity index is 1150. The Morgan fingerprint density at radius 3 is 2.72 bits per heavy atom. The van der Waals surface area contributed by atoms with Gasteiger partial charge in [-0.1, -0.05) is 30.3 Å². The third kappa shape index (κ3) is 2.78. The van der Waals surface area contributed by atoms with Crippen LogP contribution in [0.4, 0.5) is 0 Å². The number of nitrogens with one attached hydrogen (secondary N) is 1. The number of rotatable bonds is 4. The third-order valence-electron chi connectivity index (χ3n) is 3.81. The summed E-state index contributed by atoms with van der Waals surface area (Å²) in [6.45, 7) is 2.65. The second-order valence-corrected chi connectivity index (χ2v) is 6.48. The molecule has 0 radical (unpaired) electrons. The van der Waals surface area contributed by atoms with Crippen LogP contribution in [0.5, 0.6) is 0 Å². The van der Waals surface area contributed by atoms with E-state index >= 15 is 0 Å². The van der Waals surface area contributed by atoms with Gasteiger partial charge in [0.2, 0.25) is 0 Å². The molecule has 0 unspecified atom stereocenters. The van der Waals surface area contributed by atoms with Crippen LogP contribution in [-0.4, -0.2) is 29.8 Å². The summed E-state index contributed by atoms with van der Waals surface area (Å²) in [5, 5.41) is 12.1. The Morgan fingerprint density at radius 2 is 2.00 bits per heavy atom. The smallest absolute Gasteiger partial charge is 0.285 e. The first-order chi connectivity index (χ1) is 12.2. The number of H-pyrrole nitrogens is 1. The van der Waals surface area contributed by atoms with E-state index < -0.39 is 5.69 Å². The van der Waals surface area contributed by atoms with Gasteiger partial charge in [0, 0.05) is 4.88 Å². The lowest BCUT2D eigenvalue weighted by Gasteiger charge is -2.03. The van der Waals surface area contributed by atoms with Gasteiger partial charge >= 0.3 is 5.69 Å². The summed E-state index contributed by atoms with van der Waals surface area (Å²) in [6, 6.07) is 11.6. The monoisotopic (exact) mass is 354 g/mol. The molecule has 8 nitrogen and oxygen atoms in total. The fraction of sp³-hybridized carbons (Fsp3) is 0.188. The molecule has 1 aromatic carbocycles. The van der Waals surface area contributed by atoms with Gasteiger partial charge in [-0.15, -0.1) is 21.5 Å². The van der Waals surface area contributed by atoms with Gasteiger partial charge in [-0.25, -0.2) is 4.79 Å². The quantitative estimate of drug-likeness (QED) is 0.598. The van der Waals surface area contributed by atoms with Crippen molar-refractivity contribution in [2.24, 2.45) is 0 Å². The van der Waals surface area contributed by atoms with Crippen molar-refractivity contribution >= 4 is 21.6 Å². The highest BCUT2D eigenvalue weighted by atomic mass is 32.1. The predicted octanol–water partition coefficient (Wildman–Crippen LogP) is 1.47. The highest BCUT2D eigenvalue weighted by Crippen LogP contribution is 2.30. The van der Waals surface area contributed by atoms with Crippen molar-refractivity contribution in [3.05, 3.63) is 63.1 Å². The molecular formula is C16H14N6O2S. The maximum atomic E-state index is 12.3. The summed E-state index contributed by atoms with van der Waals surface area (Å²) in [4.78, 5) is 29.2. The van der Waals surface area contributed by atoms with Crippen LogP contribution in [-0.2, 0) is 13.1 Å². The molecule has 0 aliphatic heterocycles. The Kier molecular flexibility index (Phi) is 3.77. The van der Waals surface area contributed by atoms with Crippen molar-refractivity contribution in [1.82, 2.24) is 29.8 Å². The van der Waals surface area contributed by atoms with Crippen molar-refractivity contribution in [1.29, 1.82) is 0 Å². The van der Waals surface area contributed by atoms with E-state index in [0.29, 0.717) is 22.6 Å². The molecule has 4 aromatic rings. The van der Waals surface area contributed by atoms with E-state index in [4.69, 9.17) is 0 Å². The van der Waals surface area contributed by atoms with Gasteiger partial charge in [-0.05, 0) is 23.8 Å². The average molecular weight is 354 g/mol. The molecular weight excluding hydrogens is 340 g/mol. The number of nitrogens with zero attached hydrogens (tertiary/aromatic N) is 5. The molecule has 9 heteroatoms. The van der Waals surface area contributed by atoms with Gasteiger partial charge in [0.05, 0.1) is 18.6 Å². The lowest BCUT2D eigenvalue weighted by Crippen LogP contribution is -2.30. The molecule has 0 amide bonds. The molecule has 0 aliphatic carbocycles. The first kappa shape index (κ1) is 15.5. The largest absolute Gasteiger partial charge is 0.329 e. The van der Waals surface area contributed by atoms with Gasteiger partial charge in [0.1, 0.15) is 4.70 Å². The number of aromatic amines is 1. The molecule has 1 N–H and O–H groups in total. The number of tetrazole rings is 1. The lowest BCUT2D eigenvalue weighted by molar-refractivity contribution is 0.549. The highest BCUT2D eigenvalue weighted by molar-refractivity contribution is 7.22. The SMILES string of the molecule is CCn1nnc(Cn2c(=O)[nH]c(=O)c3sc(-c4ccccc4)cc32)n1. The summed E-state index contributed by atoms with van der Waals surface area (Å²) in [7, 11) is 0. The number of fused-ring (bicyclic) bond motifs is 1. The van der Waals surface area contributed by atoms with Crippen LogP contribution in [0.1, 0.15) is 12.7 Å². The summed E-state index contributed by atoms with van der Waals surface area (Å²) < 4.78 is 1.97. The Morgan fingerprint density at radius 1 is 1.20 bits per heavy atom. The van der Waals surface area contributed by atoms with E-state index in [1.807, 2.05) is 43.3 Å². The summed E-state index contributed by atoms with van der Waals surface area (Å²) in [5.74, 6) is 0.421. The minimum atomic E-state index is -0.484. The van der Waals surface area contributed by atoms with E-state index in [1.165, 1.54) is 20.7 Å². The normalized spacial score (nSPS) is 11.2. The maximum absolute atomic E-state index is 12.3. The molecule has 0 spiro atoms. The third-order valence-corrected chi connectivity index (χ3v) is 4.98. The van der Waals surface area contributed by atoms with E-state index in [1.54, 1.807) is 0 Å². The van der Waals surface area contributed by atoms with Crippen molar-refractivity contribution < 1.29 is 0 Å². The molecule has 0 atom stereocenters. The van der Waals surface area contributed by atoms with Crippen molar-refractivity contribution in [3.8, 4) is 10.4 Å². The first-order valence-corrected chi connectivity index (χ1v) is 8.56. The van der Waals surface area contributed by atoms with Crippen molar-refractivity contribution in [2.45, 2.75) is 20.0 Å². The van der Waals surface area contributed by atoms with Crippen LogP contribution in [0.15, 0.2) is 46.0 Å². The average Bonchev–Trinajstić information content (AvgIpc) is 3.26. The molecule has 0 saturated heterocycles. The summed E-state index contributed by atoms with van der Waals surface area (Å²) >= 11 is 1.36. The highest BCUT2D eigenvalue weighted by Gasteiger charge is 2.14. The molecule has 25 heavy (non-hydrogen) atoms. The van der Waals surface area contributed by atoms with Gasteiger partial charge in [-0.2, -0.15) is 4.80 Å². The van der Waals surface area contributed by atoms with E-state index in [9.17, 15) is 9.59 Å². The van der Waals surface area contributed by atoms with Gasteiger partial charge < -0.3 is 0 Å². The molecule has 4 rings (SSSR count). The number of aryl methyl sites for hydroxylation is 1. The standard InChI is InChI=1S/C16H14N6O2S/c1-2-22-19-13(18-20-22)9-21-11-8-12(10-6-4-3-5-7-10)25-14(11)15(23)17-16(21)24/h3-8H,2,9H2,1H3,(H,17,23,24). The number of aromatic nitrogens is 6. The van der Waals surface area contributed by atoms with Crippen molar-refractivity contribution in [3.63, 3.8) is 0 Å². The lowest BCUT2D eigenvalue weighted by atomic mass is 10.2. The number of hydrogen-bond donors (Lipinski definition) is 1. The zero-order valence-corrected chi connectivity index (χ0v) is 14.2. The van der Waals surface area contributed by atoms with Crippen molar-refractivity contribution in [2.75, 3.05) is 0 Å². The molecule has 0 bridgehead atoms. The van der Waals surface area contributed by atoms with Crippen LogP contribution in [0.3, 0.4) is 0 Å². The van der Waals surface area contributed by atoms with E-state index in [2.05, 4.69) is 20.4 Å². The number of hydrogen-bond acceptors (Lipinski definition) is 6. The Hall–Kier alpha value is -3.07. The minimum absolute atomic E-state index is 0.150. The van der Waals surface area contributed by atoms with Gasteiger partial charge in [0.25, 0.3) is 5.56 Å². The molecule has 0 saturated carbocycles. The topological polar surface area (TPSA) is 98.5 Å². The second-order valence-electron chi connectivity index (χ2n) is 5.43. The predicted molar refractivity (Wildman–Crippen MR) is 94.7 cm³/mol. The van der Waals surface area contributed by atoms with E-state index in [-0.39, 0.29) is 12.1 Å². The second kappa shape index (κ2) is 6.10. The molecule has 126 valence electrons. The number of thiophene rings is 1. The maximum Gasteiger partial charge on any atom is 0.329 e. The number of benzene rings is 1. The molecule has 3 aromatic heterocycles. The van der Waals surface area contributed by atoms with Crippen LogP contribution in [0.25, 0.3) is 20.7 Å². The minimum Gasteiger partial charge on any atom is -0.285 e.